The Morgan fingerprint density at radius 3 is 2.89 bits per heavy atom. The van der Waals surface area contributed by atoms with Gasteiger partial charge in [-0.15, -0.1) is 0 Å². The molecule has 1 unspecified atom stereocenters. The maximum atomic E-state index is 6.08. The van der Waals surface area contributed by atoms with Crippen molar-refractivity contribution < 1.29 is 9.47 Å². The third-order valence-corrected chi connectivity index (χ3v) is 5.00. The van der Waals surface area contributed by atoms with Crippen molar-refractivity contribution in [2.75, 3.05) is 20.7 Å². The molecule has 1 aliphatic heterocycles. The number of aryl methyl sites for hydroxylation is 2. The highest BCUT2D eigenvalue weighted by Gasteiger charge is 2.27. The zero-order valence-electron chi connectivity index (χ0n) is 16.2. The van der Waals surface area contributed by atoms with E-state index in [-0.39, 0.29) is 6.10 Å². The minimum Gasteiger partial charge on any atom is -0.494 e. The Hall–Kier alpha value is -2.73. The molecule has 0 amide bonds. The molecule has 1 aromatic carbocycles. The fraction of sp³-hybridized carbons (Fsp3) is 0.381. The molecule has 0 saturated heterocycles. The van der Waals surface area contributed by atoms with Crippen LogP contribution in [-0.2, 0) is 13.0 Å². The van der Waals surface area contributed by atoms with Crippen LogP contribution in [0.15, 0.2) is 30.5 Å². The average Bonchev–Trinajstić information content (AvgIpc) is 3.04. The van der Waals surface area contributed by atoms with E-state index >= 15 is 0 Å². The van der Waals surface area contributed by atoms with Crippen LogP contribution in [0.1, 0.15) is 22.6 Å². The topological polar surface area (TPSA) is 60.4 Å². The lowest BCUT2D eigenvalue weighted by Gasteiger charge is -2.21. The molecule has 0 spiro atoms. The van der Waals surface area contributed by atoms with Gasteiger partial charge in [0.1, 0.15) is 23.2 Å². The fourth-order valence-corrected chi connectivity index (χ4v) is 3.78. The van der Waals surface area contributed by atoms with E-state index in [4.69, 9.17) is 9.47 Å². The monoisotopic (exact) mass is 364 g/mol. The summed E-state index contributed by atoms with van der Waals surface area (Å²) in [7, 11) is 3.79. The number of likely N-dealkylation sites (N-methyl/N-ethyl adjacent to an activating group) is 1. The van der Waals surface area contributed by atoms with E-state index in [1.54, 1.807) is 13.3 Å². The predicted octanol–water partition coefficient (Wildman–Crippen LogP) is 3.09. The number of hydrogen-bond donors (Lipinski definition) is 0. The Labute approximate surface area is 159 Å². The minimum absolute atomic E-state index is 0.0995. The zero-order chi connectivity index (χ0) is 19.0. The number of pyridine rings is 1. The van der Waals surface area contributed by atoms with E-state index in [1.165, 1.54) is 5.56 Å². The first-order valence-corrected chi connectivity index (χ1v) is 9.15. The van der Waals surface area contributed by atoms with Crippen molar-refractivity contribution in [3.63, 3.8) is 0 Å². The van der Waals surface area contributed by atoms with Crippen molar-refractivity contribution in [1.82, 2.24) is 19.9 Å². The van der Waals surface area contributed by atoms with Crippen molar-refractivity contribution >= 4 is 10.9 Å². The molecular formula is C21H24N4O2. The van der Waals surface area contributed by atoms with Gasteiger partial charge in [0.15, 0.2) is 0 Å². The summed E-state index contributed by atoms with van der Waals surface area (Å²) in [6.45, 7) is 5.56. The van der Waals surface area contributed by atoms with Crippen LogP contribution in [0.3, 0.4) is 0 Å². The first kappa shape index (κ1) is 17.7. The molecule has 3 aromatic rings. The number of hydrogen-bond acceptors (Lipinski definition) is 6. The summed E-state index contributed by atoms with van der Waals surface area (Å²) in [6.07, 6.45) is 2.76. The predicted molar refractivity (Wildman–Crippen MR) is 104 cm³/mol. The number of methoxy groups -OCH3 is 1. The van der Waals surface area contributed by atoms with E-state index in [0.717, 1.165) is 59.1 Å². The van der Waals surface area contributed by atoms with Gasteiger partial charge in [-0.05, 0) is 38.6 Å². The molecule has 0 saturated carbocycles. The number of ether oxygens (including phenoxy) is 2. The summed E-state index contributed by atoms with van der Waals surface area (Å²) in [5.74, 6) is 2.31. The van der Waals surface area contributed by atoms with E-state index in [1.807, 2.05) is 26.0 Å². The molecule has 3 heterocycles. The lowest BCUT2D eigenvalue weighted by molar-refractivity contribution is 0.161. The summed E-state index contributed by atoms with van der Waals surface area (Å²) < 4.78 is 11.5. The Morgan fingerprint density at radius 2 is 2.07 bits per heavy atom. The van der Waals surface area contributed by atoms with Crippen LogP contribution in [0.4, 0.5) is 0 Å². The molecule has 1 atom stereocenters. The lowest BCUT2D eigenvalue weighted by Crippen LogP contribution is -2.31. The third-order valence-electron chi connectivity index (χ3n) is 5.00. The van der Waals surface area contributed by atoms with Gasteiger partial charge in [0.25, 0.3) is 0 Å². The van der Waals surface area contributed by atoms with Crippen molar-refractivity contribution in [3.05, 3.63) is 53.1 Å². The second-order valence-electron chi connectivity index (χ2n) is 7.11. The highest BCUT2D eigenvalue weighted by Crippen LogP contribution is 2.30. The van der Waals surface area contributed by atoms with Crippen molar-refractivity contribution in [1.29, 1.82) is 0 Å². The minimum atomic E-state index is 0.0995. The number of benzene rings is 1. The van der Waals surface area contributed by atoms with Crippen LogP contribution in [0.25, 0.3) is 10.9 Å². The number of aromatic nitrogens is 3. The van der Waals surface area contributed by atoms with Crippen LogP contribution >= 0.6 is 0 Å². The quantitative estimate of drug-likeness (QED) is 0.693. The summed E-state index contributed by atoms with van der Waals surface area (Å²) in [6, 6.07) is 8.16. The average molecular weight is 364 g/mol. The number of rotatable bonds is 5. The van der Waals surface area contributed by atoms with Gasteiger partial charge >= 0.3 is 0 Å². The molecule has 140 valence electrons. The Kier molecular flexibility index (Phi) is 4.66. The summed E-state index contributed by atoms with van der Waals surface area (Å²) in [5, 5.41) is 1.12. The number of nitrogens with zero attached hydrogens (tertiary/aromatic N) is 4. The molecule has 4 rings (SSSR count). The summed E-state index contributed by atoms with van der Waals surface area (Å²) in [5.41, 5.74) is 4.29. The molecule has 0 radical (unpaired) electrons. The second-order valence-corrected chi connectivity index (χ2v) is 7.11. The van der Waals surface area contributed by atoms with Crippen LogP contribution < -0.4 is 9.47 Å². The molecule has 0 fully saturated rings. The fourth-order valence-electron chi connectivity index (χ4n) is 3.78. The Bertz CT molecular complexity index is 989. The maximum Gasteiger partial charge on any atom is 0.220 e. The van der Waals surface area contributed by atoms with Gasteiger partial charge in [0, 0.05) is 42.4 Å². The number of fused-ring (bicyclic) bond motifs is 2. The van der Waals surface area contributed by atoms with Gasteiger partial charge in [0.2, 0.25) is 5.88 Å². The highest BCUT2D eigenvalue weighted by atomic mass is 16.5. The molecule has 1 aliphatic rings. The smallest absolute Gasteiger partial charge is 0.220 e. The molecular weight excluding hydrogens is 340 g/mol. The van der Waals surface area contributed by atoms with Gasteiger partial charge in [-0.25, -0.2) is 4.98 Å². The largest absolute Gasteiger partial charge is 0.494 e. The first-order chi connectivity index (χ1) is 13.0. The Balaban J connectivity index is 1.49. The van der Waals surface area contributed by atoms with E-state index in [0.29, 0.717) is 0 Å². The molecule has 6 heteroatoms. The molecule has 2 aromatic heterocycles. The summed E-state index contributed by atoms with van der Waals surface area (Å²) >= 11 is 0. The van der Waals surface area contributed by atoms with Gasteiger partial charge in [-0.1, -0.05) is 12.1 Å². The molecule has 0 bridgehead atoms. The summed E-state index contributed by atoms with van der Waals surface area (Å²) in [4.78, 5) is 15.7. The third kappa shape index (κ3) is 3.45. The van der Waals surface area contributed by atoms with Crippen LogP contribution in [0.5, 0.6) is 11.6 Å². The van der Waals surface area contributed by atoms with E-state index in [9.17, 15) is 0 Å². The lowest BCUT2D eigenvalue weighted by atomic mass is 10.1. The second kappa shape index (κ2) is 7.12. The maximum absolute atomic E-state index is 6.08. The SMILES string of the molecule is COc1ccc(CN(C)CC2Cc3c(C)nc(C)nc3O2)c2cccnc12. The molecule has 0 N–H and O–H groups in total. The highest BCUT2D eigenvalue weighted by molar-refractivity contribution is 5.87. The normalized spacial score (nSPS) is 15.8. The van der Waals surface area contributed by atoms with Crippen LogP contribution in [-0.4, -0.2) is 46.7 Å². The first-order valence-electron chi connectivity index (χ1n) is 9.15. The standard InChI is InChI=1S/C21H24N4O2/c1-13-18-10-16(27-21(18)24-14(2)23-13)12-25(3)11-15-7-8-19(26-4)20-17(15)6-5-9-22-20/h5-9,16H,10-12H2,1-4H3. The van der Waals surface area contributed by atoms with Gasteiger partial charge in [0.05, 0.1) is 7.11 Å². The van der Waals surface area contributed by atoms with E-state index < -0.39 is 0 Å². The molecule has 0 aliphatic carbocycles. The van der Waals surface area contributed by atoms with Crippen LogP contribution in [0.2, 0.25) is 0 Å². The molecule has 27 heavy (non-hydrogen) atoms. The van der Waals surface area contributed by atoms with Gasteiger partial charge < -0.3 is 9.47 Å². The zero-order valence-corrected chi connectivity index (χ0v) is 16.2. The van der Waals surface area contributed by atoms with E-state index in [2.05, 4.69) is 39.0 Å². The van der Waals surface area contributed by atoms with Crippen molar-refractivity contribution in [2.24, 2.45) is 0 Å². The van der Waals surface area contributed by atoms with Gasteiger partial charge in [-0.3, -0.25) is 9.88 Å². The van der Waals surface area contributed by atoms with Crippen molar-refractivity contribution in [3.8, 4) is 11.6 Å². The van der Waals surface area contributed by atoms with Gasteiger partial charge in [-0.2, -0.15) is 4.98 Å². The Morgan fingerprint density at radius 1 is 1.22 bits per heavy atom. The van der Waals surface area contributed by atoms with Crippen molar-refractivity contribution in [2.45, 2.75) is 32.9 Å². The van der Waals surface area contributed by atoms with Crippen LogP contribution in [0, 0.1) is 13.8 Å². The molecule has 6 nitrogen and oxygen atoms in total.